The first kappa shape index (κ1) is 16.9. The van der Waals surface area contributed by atoms with E-state index in [4.69, 9.17) is 21.1 Å². The summed E-state index contributed by atoms with van der Waals surface area (Å²) in [5.41, 5.74) is -0.381. The van der Waals surface area contributed by atoms with E-state index < -0.39 is 11.4 Å². The average Bonchev–Trinajstić information content (AvgIpc) is 2.96. The number of carboxylic acids is 1. The van der Waals surface area contributed by atoms with Crippen LogP contribution < -0.4 is 10.1 Å². The van der Waals surface area contributed by atoms with Crippen LogP contribution in [0.5, 0.6) is 5.75 Å². The van der Waals surface area contributed by atoms with E-state index in [1.807, 2.05) is 0 Å². The number of carbonyl (C=O) groups is 2. The molecular weight excluding hydrogens is 336 g/mol. The SMILES string of the molecule is COc1ccc(NC(=O)N2C[C@@H]3COCC[C@]3(C(=O)O)C2)cc1Cl. The molecule has 130 valence electrons. The number of anilines is 1. The number of rotatable bonds is 3. The maximum Gasteiger partial charge on any atom is 0.321 e. The van der Waals surface area contributed by atoms with Gasteiger partial charge in [-0.3, -0.25) is 4.79 Å². The van der Waals surface area contributed by atoms with Crippen LogP contribution in [0.15, 0.2) is 18.2 Å². The first-order valence-corrected chi connectivity index (χ1v) is 8.04. The van der Waals surface area contributed by atoms with Crippen LogP contribution in [-0.4, -0.2) is 55.4 Å². The Hall–Kier alpha value is -1.99. The topological polar surface area (TPSA) is 88.1 Å². The fourth-order valence-corrected chi connectivity index (χ4v) is 3.66. The molecule has 2 N–H and O–H groups in total. The number of hydrogen-bond donors (Lipinski definition) is 2. The minimum absolute atomic E-state index is 0.186. The van der Waals surface area contributed by atoms with E-state index in [9.17, 15) is 14.7 Å². The summed E-state index contributed by atoms with van der Waals surface area (Å²) >= 11 is 6.05. The molecule has 2 aliphatic heterocycles. The number of carboxylic acid groups (broad SMARTS) is 1. The van der Waals surface area contributed by atoms with E-state index in [1.54, 1.807) is 18.2 Å². The van der Waals surface area contributed by atoms with E-state index in [0.29, 0.717) is 42.6 Å². The van der Waals surface area contributed by atoms with Crippen molar-refractivity contribution in [2.45, 2.75) is 6.42 Å². The number of fused-ring (bicyclic) bond motifs is 1. The summed E-state index contributed by atoms with van der Waals surface area (Å²) in [5.74, 6) is -0.531. The predicted molar refractivity (Wildman–Crippen MR) is 87.6 cm³/mol. The van der Waals surface area contributed by atoms with Crippen molar-refractivity contribution >= 4 is 29.3 Å². The third kappa shape index (κ3) is 2.89. The Balaban J connectivity index is 1.72. The van der Waals surface area contributed by atoms with Crippen LogP contribution in [0.4, 0.5) is 10.5 Å². The summed E-state index contributed by atoms with van der Waals surface area (Å²) in [6, 6.07) is 4.60. The molecule has 7 nitrogen and oxygen atoms in total. The molecule has 1 aromatic rings. The van der Waals surface area contributed by atoms with E-state index in [-0.39, 0.29) is 18.5 Å². The molecule has 0 spiro atoms. The number of aliphatic carboxylic acids is 1. The van der Waals surface area contributed by atoms with Crippen LogP contribution in [0.1, 0.15) is 6.42 Å². The van der Waals surface area contributed by atoms with Crippen molar-refractivity contribution in [3.8, 4) is 5.75 Å². The summed E-state index contributed by atoms with van der Waals surface area (Å²) in [6.07, 6.45) is 0.422. The standard InChI is InChI=1S/C16H19ClN2O5/c1-23-13-3-2-11(6-12(13)17)18-15(22)19-7-10-8-24-5-4-16(10,9-19)14(20)21/h2-3,6,10H,4-5,7-9H2,1H3,(H,18,22)(H,20,21)/t10-,16+/m1/s1. The minimum Gasteiger partial charge on any atom is -0.495 e. The normalized spacial score (nSPS) is 25.9. The van der Waals surface area contributed by atoms with Crippen molar-refractivity contribution < 1.29 is 24.2 Å². The lowest BCUT2D eigenvalue weighted by molar-refractivity contribution is -0.157. The van der Waals surface area contributed by atoms with Crippen LogP contribution >= 0.6 is 11.6 Å². The van der Waals surface area contributed by atoms with Gasteiger partial charge >= 0.3 is 12.0 Å². The minimum atomic E-state index is -0.910. The number of likely N-dealkylation sites (tertiary alicyclic amines) is 1. The number of amides is 2. The molecule has 2 heterocycles. The smallest absolute Gasteiger partial charge is 0.321 e. The lowest BCUT2D eigenvalue weighted by atomic mass is 9.74. The lowest BCUT2D eigenvalue weighted by Crippen LogP contribution is -2.45. The summed E-state index contributed by atoms with van der Waals surface area (Å²) in [4.78, 5) is 25.8. The number of benzene rings is 1. The molecule has 2 fully saturated rings. The number of nitrogens with zero attached hydrogens (tertiary/aromatic N) is 1. The molecule has 0 radical (unpaired) electrons. The largest absolute Gasteiger partial charge is 0.495 e. The molecule has 0 bridgehead atoms. The summed E-state index contributed by atoms with van der Waals surface area (Å²) in [5, 5.41) is 12.8. The number of hydrogen-bond acceptors (Lipinski definition) is 4. The number of nitrogens with one attached hydrogen (secondary N) is 1. The quantitative estimate of drug-likeness (QED) is 0.869. The summed E-state index contributed by atoms with van der Waals surface area (Å²) < 4.78 is 10.5. The number of ether oxygens (including phenoxy) is 2. The van der Waals surface area contributed by atoms with Crippen LogP contribution in [-0.2, 0) is 9.53 Å². The summed E-state index contributed by atoms with van der Waals surface area (Å²) in [6.45, 7) is 1.32. The molecule has 0 unspecified atom stereocenters. The molecular formula is C16H19ClN2O5. The zero-order valence-electron chi connectivity index (χ0n) is 13.3. The fourth-order valence-electron chi connectivity index (χ4n) is 3.40. The van der Waals surface area contributed by atoms with E-state index >= 15 is 0 Å². The van der Waals surface area contributed by atoms with Crippen molar-refractivity contribution in [3.63, 3.8) is 0 Å². The average molecular weight is 355 g/mol. The van der Waals surface area contributed by atoms with Gasteiger partial charge in [-0.05, 0) is 24.6 Å². The Labute approximate surface area is 144 Å². The molecule has 3 rings (SSSR count). The zero-order chi connectivity index (χ0) is 17.3. The molecule has 0 aromatic heterocycles. The van der Waals surface area contributed by atoms with Gasteiger partial charge in [-0.15, -0.1) is 0 Å². The van der Waals surface area contributed by atoms with Gasteiger partial charge < -0.3 is 24.8 Å². The van der Waals surface area contributed by atoms with Crippen LogP contribution in [0.2, 0.25) is 5.02 Å². The van der Waals surface area contributed by atoms with E-state index in [0.717, 1.165) is 0 Å². The van der Waals surface area contributed by atoms with Crippen molar-refractivity contribution in [2.24, 2.45) is 11.3 Å². The highest BCUT2D eigenvalue weighted by atomic mass is 35.5. The van der Waals surface area contributed by atoms with Gasteiger partial charge in [0.2, 0.25) is 0 Å². The highest BCUT2D eigenvalue weighted by Gasteiger charge is 2.54. The Kier molecular flexibility index (Phi) is 4.56. The van der Waals surface area contributed by atoms with Gasteiger partial charge in [-0.1, -0.05) is 11.6 Å². The number of methoxy groups -OCH3 is 1. The highest BCUT2D eigenvalue weighted by molar-refractivity contribution is 6.32. The third-order valence-electron chi connectivity index (χ3n) is 4.82. The molecule has 2 amide bonds. The maximum atomic E-state index is 12.5. The Bertz CT molecular complexity index is 668. The molecule has 0 aliphatic carbocycles. The van der Waals surface area contributed by atoms with Crippen LogP contribution in [0.3, 0.4) is 0 Å². The van der Waals surface area contributed by atoms with E-state index in [1.165, 1.54) is 12.0 Å². The Morgan fingerprint density at radius 1 is 1.50 bits per heavy atom. The van der Waals surface area contributed by atoms with Gasteiger partial charge in [-0.25, -0.2) is 4.79 Å². The molecule has 2 saturated heterocycles. The zero-order valence-corrected chi connectivity index (χ0v) is 14.0. The molecule has 8 heteroatoms. The fraction of sp³-hybridized carbons (Fsp3) is 0.500. The first-order valence-electron chi connectivity index (χ1n) is 7.67. The van der Waals surface area contributed by atoms with Crippen LogP contribution in [0.25, 0.3) is 0 Å². The first-order chi connectivity index (χ1) is 11.5. The molecule has 2 aliphatic rings. The van der Waals surface area contributed by atoms with Gasteiger partial charge in [0.25, 0.3) is 0 Å². The van der Waals surface area contributed by atoms with Gasteiger partial charge in [-0.2, -0.15) is 0 Å². The predicted octanol–water partition coefficient (Wildman–Crippen LogP) is 2.30. The Morgan fingerprint density at radius 2 is 2.29 bits per heavy atom. The van der Waals surface area contributed by atoms with Crippen molar-refractivity contribution in [2.75, 3.05) is 38.7 Å². The maximum absolute atomic E-state index is 12.5. The molecule has 2 atom stereocenters. The van der Waals surface area contributed by atoms with Crippen molar-refractivity contribution in [3.05, 3.63) is 23.2 Å². The van der Waals surface area contributed by atoms with E-state index in [2.05, 4.69) is 5.32 Å². The van der Waals surface area contributed by atoms with Crippen LogP contribution in [0, 0.1) is 11.3 Å². The van der Waals surface area contributed by atoms with Gasteiger partial charge in [0, 0.05) is 31.3 Å². The molecule has 24 heavy (non-hydrogen) atoms. The second-order valence-corrected chi connectivity index (χ2v) is 6.55. The number of urea groups is 1. The van der Waals surface area contributed by atoms with Gasteiger partial charge in [0.05, 0.1) is 24.2 Å². The third-order valence-corrected chi connectivity index (χ3v) is 5.12. The van der Waals surface area contributed by atoms with Crippen molar-refractivity contribution in [1.29, 1.82) is 0 Å². The second-order valence-electron chi connectivity index (χ2n) is 6.14. The van der Waals surface area contributed by atoms with Crippen molar-refractivity contribution in [1.82, 2.24) is 4.90 Å². The summed E-state index contributed by atoms with van der Waals surface area (Å²) in [7, 11) is 1.51. The monoisotopic (exact) mass is 354 g/mol. The lowest BCUT2D eigenvalue weighted by Gasteiger charge is -2.33. The Morgan fingerprint density at radius 3 is 2.92 bits per heavy atom. The second kappa shape index (κ2) is 6.49. The highest BCUT2D eigenvalue weighted by Crippen LogP contribution is 2.42. The van der Waals surface area contributed by atoms with Gasteiger partial charge in [0.1, 0.15) is 5.75 Å². The molecule has 0 saturated carbocycles. The number of carbonyl (C=O) groups excluding carboxylic acids is 1. The molecule has 1 aromatic carbocycles. The van der Waals surface area contributed by atoms with Gasteiger partial charge in [0.15, 0.2) is 0 Å². The number of halogens is 1.